The van der Waals surface area contributed by atoms with Crippen molar-refractivity contribution in [2.45, 2.75) is 38.3 Å². The van der Waals surface area contributed by atoms with Gasteiger partial charge in [0.25, 0.3) is 5.56 Å². The molecule has 31 heavy (non-hydrogen) atoms. The number of nitrogens with zero attached hydrogens (tertiary/aromatic N) is 3. The van der Waals surface area contributed by atoms with Gasteiger partial charge >= 0.3 is 6.03 Å². The van der Waals surface area contributed by atoms with Gasteiger partial charge in [0.1, 0.15) is 0 Å². The largest absolute Gasteiger partial charge is 0.493 e. The van der Waals surface area contributed by atoms with Crippen molar-refractivity contribution in [2.75, 3.05) is 7.11 Å². The standard InChI is InChI=1S/C23H26N4O4/c1-26-19(14-22(28)27(26)23(29)25-15-17-7-5-6-12-24-17)16-10-11-20(30-2)21(13-16)31-18-8-3-4-9-18/h5-7,10-14,18H,3-4,8-9,15H2,1-2H3,(H,25,29). The second-order valence-corrected chi connectivity index (χ2v) is 7.57. The predicted octanol–water partition coefficient (Wildman–Crippen LogP) is 3.34. The molecule has 0 spiro atoms. The van der Waals surface area contributed by atoms with E-state index in [9.17, 15) is 9.59 Å². The highest BCUT2D eigenvalue weighted by Crippen LogP contribution is 2.35. The topological polar surface area (TPSA) is 87.4 Å². The van der Waals surface area contributed by atoms with E-state index in [2.05, 4.69) is 10.3 Å². The van der Waals surface area contributed by atoms with Crippen molar-refractivity contribution < 1.29 is 14.3 Å². The van der Waals surface area contributed by atoms with Gasteiger partial charge in [0.15, 0.2) is 11.5 Å². The number of carbonyl (C=O) groups is 1. The van der Waals surface area contributed by atoms with Crippen molar-refractivity contribution in [3.63, 3.8) is 0 Å². The molecule has 0 aliphatic heterocycles. The molecule has 8 heteroatoms. The smallest absolute Gasteiger partial charge is 0.344 e. The van der Waals surface area contributed by atoms with E-state index in [0.717, 1.165) is 35.9 Å². The minimum Gasteiger partial charge on any atom is -0.493 e. The summed E-state index contributed by atoms with van der Waals surface area (Å²) in [5, 5.41) is 2.74. The molecule has 1 fully saturated rings. The molecule has 8 nitrogen and oxygen atoms in total. The summed E-state index contributed by atoms with van der Waals surface area (Å²) in [6, 6.07) is 11.9. The van der Waals surface area contributed by atoms with Gasteiger partial charge in [-0.2, -0.15) is 4.68 Å². The molecule has 1 aliphatic carbocycles. The second kappa shape index (κ2) is 9.07. The predicted molar refractivity (Wildman–Crippen MR) is 116 cm³/mol. The lowest BCUT2D eigenvalue weighted by atomic mass is 10.1. The Balaban J connectivity index is 1.59. The lowest BCUT2D eigenvalue weighted by molar-refractivity contribution is 0.201. The molecule has 1 aromatic carbocycles. The summed E-state index contributed by atoms with van der Waals surface area (Å²) in [7, 11) is 3.29. The molecule has 3 aromatic rings. The molecule has 1 aliphatic rings. The van der Waals surface area contributed by atoms with Crippen molar-refractivity contribution in [1.29, 1.82) is 0 Å². The van der Waals surface area contributed by atoms with Crippen LogP contribution in [0.25, 0.3) is 11.3 Å². The van der Waals surface area contributed by atoms with E-state index >= 15 is 0 Å². The van der Waals surface area contributed by atoms with Crippen LogP contribution in [0.5, 0.6) is 11.5 Å². The Morgan fingerprint density at radius 2 is 1.97 bits per heavy atom. The normalized spacial score (nSPS) is 13.9. The Labute approximate surface area is 180 Å². The molecular weight excluding hydrogens is 396 g/mol. The van der Waals surface area contributed by atoms with E-state index in [1.807, 2.05) is 30.3 Å². The number of amides is 1. The van der Waals surface area contributed by atoms with Crippen LogP contribution >= 0.6 is 0 Å². The zero-order chi connectivity index (χ0) is 21.8. The molecule has 2 heterocycles. The summed E-state index contributed by atoms with van der Waals surface area (Å²) in [6.07, 6.45) is 6.21. The Bertz CT molecular complexity index is 1110. The average molecular weight is 422 g/mol. The number of carbonyl (C=O) groups excluding carboxylic acids is 1. The Kier molecular flexibility index (Phi) is 6.06. The molecule has 2 aromatic heterocycles. The highest BCUT2D eigenvalue weighted by Gasteiger charge is 2.21. The number of hydrogen-bond acceptors (Lipinski definition) is 5. The Morgan fingerprint density at radius 1 is 1.16 bits per heavy atom. The molecule has 0 bridgehead atoms. The van der Waals surface area contributed by atoms with E-state index in [1.54, 1.807) is 26.4 Å². The van der Waals surface area contributed by atoms with Gasteiger partial charge in [-0.3, -0.25) is 14.5 Å². The van der Waals surface area contributed by atoms with Crippen LogP contribution in [-0.2, 0) is 13.6 Å². The molecule has 0 unspecified atom stereocenters. The van der Waals surface area contributed by atoms with Gasteiger partial charge in [-0.05, 0) is 56.0 Å². The van der Waals surface area contributed by atoms with E-state index < -0.39 is 11.6 Å². The quantitative estimate of drug-likeness (QED) is 0.658. The Morgan fingerprint density at radius 3 is 2.68 bits per heavy atom. The number of hydrogen-bond donors (Lipinski definition) is 1. The Hall–Kier alpha value is -3.55. The van der Waals surface area contributed by atoms with Crippen LogP contribution in [0.3, 0.4) is 0 Å². The van der Waals surface area contributed by atoms with Crippen LogP contribution in [0.1, 0.15) is 31.4 Å². The van der Waals surface area contributed by atoms with Gasteiger partial charge in [-0.15, -0.1) is 0 Å². The summed E-state index contributed by atoms with van der Waals surface area (Å²) in [6.45, 7) is 0.231. The molecule has 0 saturated heterocycles. The molecule has 0 radical (unpaired) electrons. The van der Waals surface area contributed by atoms with Gasteiger partial charge < -0.3 is 14.8 Å². The number of ether oxygens (including phenoxy) is 2. The van der Waals surface area contributed by atoms with Crippen molar-refractivity contribution in [3.8, 4) is 22.8 Å². The van der Waals surface area contributed by atoms with Crippen LogP contribution < -0.4 is 20.3 Å². The van der Waals surface area contributed by atoms with Crippen LogP contribution in [-0.4, -0.2) is 33.6 Å². The fourth-order valence-electron chi connectivity index (χ4n) is 3.89. The van der Waals surface area contributed by atoms with Crippen LogP contribution in [0, 0.1) is 0 Å². The van der Waals surface area contributed by atoms with Crippen molar-refractivity contribution in [1.82, 2.24) is 19.7 Å². The van der Waals surface area contributed by atoms with E-state index in [-0.39, 0.29) is 12.6 Å². The van der Waals surface area contributed by atoms with Gasteiger partial charge in [0, 0.05) is 24.9 Å². The first kappa shape index (κ1) is 20.7. The van der Waals surface area contributed by atoms with Crippen LogP contribution in [0.15, 0.2) is 53.5 Å². The number of rotatable bonds is 6. The minimum absolute atomic E-state index is 0.176. The monoisotopic (exact) mass is 422 g/mol. The molecule has 4 rings (SSSR count). The van der Waals surface area contributed by atoms with E-state index in [1.165, 1.54) is 10.7 Å². The maximum atomic E-state index is 12.7. The first-order valence-electron chi connectivity index (χ1n) is 10.4. The SMILES string of the molecule is COc1ccc(-c2cc(=O)n(C(=O)NCc3ccccn3)n2C)cc1OC1CCCC1. The van der Waals surface area contributed by atoms with Gasteiger partial charge in [-0.1, -0.05) is 6.07 Å². The average Bonchev–Trinajstić information content (AvgIpc) is 3.40. The molecule has 1 N–H and O–H groups in total. The van der Waals surface area contributed by atoms with Gasteiger partial charge in [0.05, 0.1) is 31.1 Å². The third kappa shape index (κ3) is 4.47. The van der Waals surface area contributed by atoms with E-state index in [0.29, 0.717) is 22.9 Å². The highest BCUT2D eigenvalue weighted by molar-refractivity contribution is 5.77. The minimum atomic E-state index is -0.514. The number of nitrogens with one attached hydrogen (secondary N) is 1. The number of methoxy groups -OCH3 is 1. The van der Waals surface area contributed by atoms with Gasteiger partial charge in [0.2, 0.25) is 0 Å². The molecule has 1 saturated carbocycles. The summed E-state index contributed by atoms with van der Waals surface area (Å²) in [5.41, 5.74) is 1.67. The molecular formula is C23H26N4O4. The first-order chi connectivity index (χ1) is 15.1. The summed E-state index contributed by atoms with van der Waals surface area (Å²) in [5.74, 6) is 1.29. The van der Waals surface area contributed by atoms with Crippen molar-refractivity contribution in [3.05, 3.63) is 64.7 Å². The number of benzene rings is 1. The lowest BCUT2D eigenvalue weighted by Gasteiger charge is -2.17. The first-order valence-corrected chi connectivity index (χ1v) is 10.4. The summed E-state index contributed by atoms with van der Waals surface area (Å²) in [4.78, 5) is 29.4. The zero-order valence-corrected chi connectivity index (χ0v) is 17.7. The summed E-state index contributed by atoms with van der Waals surface area (Å²) >= 11 is 0. The lowest BCUT2D eigenvalue weighted by Crippen LogP contribution is -2.37. The van der Waals surface area contributed by atoms with Crippen molar-refractivity contribution in [2.24, 2.45) is 7.05 Å². The highest BCUT2D eigenvalue weighted by atomic mass is 16.5. The zero-order valence-electron chi connectivity index (χ0n) is 17.7. The fraction of sp³-hybridized carbons (Fsp3) is 0.348. The van der Waals surface area contributed by atoms with Gasteiger partial charge in [-0.25, -0.2) is 4.79 Å². The maximum absolute atomic E-state index is 12.7. The third-order valence-corrected chi connectivity index (χ3v) is 5.51. The number of pyridine rings is 1. The molecule has 0 atom stereocenters. The third-order valence-electron chi connectivity index (χ3n) is 5.51. The number of aromatic nitrogens is 3. The van der Waals surface area contributed by atoms with Crippen molar-refractivity contribution >= 4 is 6.03 Å². The molecule has 162 valence electrons. The molecule has 1 amide bonds. The van der Waals surface area contributed by atoms with E-state index in [4.69, 9.17) is 9.47 Å². The van der Waals surface area contributed by atoms with Crippen LogP contribution in [0.4, 0.5) is 4.79 Å². The maximum Gasteiger partial charge on any atom is 0.344 e. The second-order valence-electron chi connectivity index (χ2n) is 7.57. The summed E-state index contributed by atoms with van der Waals surface area (Å²) < 4.78 is 14.2. The van der Waals surface area contributed by atoms with Crippen LogP contribution in [0.2, 0.25) is 0 Å². The fourth-order valence-corrected chi connectivity index (χ4v) is 3.89.